The van der Waals surface area contributed by atoms with Crippen LogP contribution in [0.5, 0.6) is 0 Å². The van der Waals surface area contributed by atoms with E-state index >= 15 is 0 Å². The molecule has 1 aliphatic heterocycles. The summed E-state index contributed by atoms with van der Waals surface area (Å²) in [5.74, 6) is -1.55. The molecule has 1 heterocycles. The molecule has 2 aromatic rings. The van der Waals surface area contributed by atoms with Crippen LogP contribution in [-0.4, -0.2) is 53.7 Å². The summed E-state index contributed by atoms with van der Waals surface area (Å²) >= 11 is 0. The summed E-state index contributed by atoms with van der Waals surface area (Å²) in [4.78, 5) is 39.2. The zero-order valence-corrected chi connectivity index (χ0v) is 20.6. The molecule has 4 rings (SSSR count). The average Bonchev–Trinajstić information content (AvgIpc) is 3.38. The van der Waals surface area contributed by atoms with Crippen LogP contribution in [0.1, 0.15) is 50.7 Å². The van der Waals surface area contributed by atoms with E-state index in [1.807, 2.05) is 31.2 Å². The van der Waals surface area contributed by atoms with E-state index < -0.39 is 24.0 Å². The van der Waals surface area contributed by atoms with Crippen molar-refractivity contribution in [3.05, 3.63) is 59.7 Å². The molecule has 35 heavy (non-hydrogen) atoms. The van der Waals surface area contributed by atoms with Gasteiger partial charge in [0.2, 0.25) is 5.91 Å². The largest absolute Gasteiger partial charge is 0.481 e. The maximum atomic E-state index is 13.3. The van der Waals surface area contributed by atoms with Gasteiger partial charge < -0.3 is 20.1 Å². The molecule has 1 aliphatic carbocycles. The van der Waals surface area contributed by atoms with Crippen molar-refractivity contribution in [2.45, 2.75) is 45.6 Å². The van der Waals surface area contributed by atoms with Crippen LogP contribution in [-0.2, 0) is 14.3 Å². The molecule has 0 spiro atoms. The zero-order valence-electron chi connectivity index (χ0n) is 20.6. The van der Waals surface area contributed by atoms with E-state index in [0.29, 0.717) is 18.9 Å². The van der Waals surface area contributed by atoms with Crippen molar-refractivity contribution in [1.82, 2.24) is 10.2 Å². The van der Waals surface area contributed by atoms with Gasteiger partial charge in [-0.05, 0) is 46.9 Å². The molecule has 186 valence electrons. The number of benzene rings is 2. The van der Waals surface area contributed by atoms with Crippen molar-refractivity contribution >= 4 is 18.0 Å². The number of carbonyl (C=O) groups is 3. The first-order chi connectivity index (χ1) is 16.8. The lowest BCUT2D eigenvalue weighted by Gasteiger charge is -2.25. The molecule has 7 nitrogen and oxygen atoms in total. The Kier molecular flexibility index (Phi) is 7.43. The number of aliphatic carboxylic acids is 1. The standard InChI is InChI=1S/C28H34N2O5/c1-17(2)12-13-25(26(31)30-14-18(3)23(15-30)27(32)33)29-28(34)35-16-24-21-10-6-4-8-19(21)20-9-5-7-11-22(20)24/h4-11,17-18,23-25H,12-16H2,1-3H3,(H,29,34)(H,32,33). The Labute approximate surface area is 206 Å². The van der Waals surface area contributed by atoms with Gasteiger partial charge in [0.1, 0.15) is 12.6 Å². The van der Waals surface area contributed by atoms with Crippen LogP contribution >= 0.6 is 0 Å². The lowest BCUT2D eigenvalue weighted by Crippen LogP contribution is -2.48. The number of hydrogen-bond acceptors (Lipinski definition) is 4. The van der Waals surface area contributed by atoms with Gasteiger partial charge in [-0.15, -0.1) is 0 Å². The maximum absolute atomic E-state index is 13.3. The van der Waals surface area contributed by atoms with E-state index in [1.165, 1.54) is 0 Å². The van der Waals surface area contributed by atoms with Gasteiger partial charge in [0.05, 0.1) is 5.92 Å². The Morgan fingerprint density at radius 2 is 1.60 bits per heavy atom. The minimum atomic E-state index is -0.893. The fraction of sp³-hybridized carbons (Fsp3) is 0.464. The van der Waals surface area contributed by atoms with Crippen LogP contribution in [0.25, 0.3) is 11.1 Å². The van der Waals surface area contributed by atoms with Crippen LogP contribution in [0.15, 0.2) is 48.5 Å². The van der Waals surface area contributed by atoms with Gasteiger partial charge in [-0.3, -0.25) is 9.59 Å². The van der Waals surface area contributed by atoms with Crippen LogP contribution in [0.2, 0.25) is 0 Å². The molecule has 2 aromatic carbocycles. The van der Waals surface area contributed by atoms with Gasteiger partial charge >= 0.3 is 12.1 Å². The molecule has 0 radical (unpaired) electrons. The topological polar surface area (TPSA) is 95.9 Å². The minimum absolute atomic E-state index is 0.0614. The number of ether oxygens (including phenoxy) is 1. The number of carbonyl (C=O) groups excluding carboxylic acids is 2. The van der Waals surface area contributed by atoms with E-state index in [-0.39, 0.29) is 30.9 Å². The molecular weight excluding hydrogens is 444 g/mol. The SMILES string of the molecule is CC(C)CCC(NC(=O)OCC1c2ccccc2-c2ccccc21)C(=O)N1CC(C)C(C(=O)O)C1. The number of nitrogens with one attached hydrogen (secondary N) is 1. The number of likely N-dealkylation sites (tertiary alicyclic amines) is 1. The Bertz CT molecular complexity index is 1050. The molecule has 0 bridgehead atoms. The van der Waals surface area contributed by atoms with Gasteiger partial charge in [0, 0.05) is 19.0 Å². The number of fused-ring (bicyclic) bond motifs is 3. The fourth-order valence-electron chi connectivity index (χ4n) is 5.23. The monoisotopic (exact) mass is 478 g/mol. The summed E-state index contributed by atoms with van der Waals surface area (Å²) in [7, 11) is 0. The summed E-state index contributed by atoms with van der Waals surface area (Å²) in [5, 5.41) is 12.2. The molecule has 1 fully saturated rings. The highest BCUT2D eigenvalue weighted by atomic mass is 16.5. The summed E-state index contributed by atoms with van der Waals surface area (Å²) in [6.07, 6.45) is 0.603. The van der Waals surface area contributed by atoms with Crippen molar-refractivity contribution in [2.75, 3.05) is 19.7 Å². The molecule has 2 N–H and O–H groups in total. The predicted octanol–water partition coefficient (Wildman–Crippen LogP) is 4.51. The number of carboxylic acids is 1. The van der Waals surface area contributed by atoms with Crippen molar-refractivity contribution in [1.29, 1.82) is 0 Å². The number of carboxylic acid groups (broad SMARTS) is 1. The second-order valence-electron chi connectivity index (χ2n) is 10.2. The number of alkyl carbamates (subject to hydrolysis) is 1. The van der Waals surface area contributed by atoms with E-state index in [9.17, 15) is 19.5 Å². The van der Waals surface area contributed by atoms with Gasteiger partial charge in [-0.25, -0.2) is 4.79 Å². The number of rotatable bonds is 8. The number of nitrogens with zero attached hydrogens (tertiary/aromatic N) is 1. The quantitative estimate of drug-likeness (QED) is 0.582. The third-order valence-electron chi connectivity index (χ3n) is 7.21. The van der Waals surface area contributed by atoms with E-state index in [2.05, 4.69) is 43.4 Å². The molecule has 7 heteroatoms. The highest BCUT2D eigenvalue weighted by Crippen LogP contribution is 2.44. The fourth-order valence-corrected chi connectivity index (χ4v) is 5.23. The summed E-state index contributed by atoms with van der Waals surface area (Å²) in [5.41, 5.74) is 4.55. The van der Waals surface area contributed by atoms with E-state index in [4.69, 9.17) is 4.74 Å². The number of hydrogen-bond donors (Lipinski definition) is 2. The molecule has 0 aromatic heterocycles. The maximum Gasteiger partial charge on any atom is 0.407 e. The highest BCUT2D eigenvalue weighted by molar-refractivity contribution is 5.87. The first-order valence-electron chi connectivity index (χ1n) is 12.4. The smallest absolute Gasteiger partial charge is 0.407 e. The normalized spacial score (nSPS) is 19.8. The van der Waals surface area contributed by atoms with Crippen LogP contribution in [0.4, 0.5) is 4.79 Å². The molecule has 2 amide bonds. The van der Waals surface area contributed by atoms with Crippen molar-refractivity contribution < 1.29 is 24.2 Å². The second-order valence-corrected chi connectivity index (χ2v) is 10.2. The first-order valence-corrected chi connectivity index (χ1v) is 12.4. The summed E-state index contributed by atoms with van der Waals surface area (Å²) in [6, 6.07) is 15.5. The molecule has 1 saturated heterocycles. The lowest BCUT2D eigenvalue weighted by atomic mass is 9.98. The summed E-state index contributed by atoms with van der Waals surface area (Å²) < 4.78 is 5.66. The lowest BCUT2D eigenvalue weighted by molar-refractivity contribution is -0.142. The van der Waals surface area contributed by atoms with Crippen LogP contribution < -0.4 is 5.32 Å². The Hall–Kier alpha value is -3.35. The van der Waals surface area contributed by atoms with Gasteiger partial charge in [-0.2, -0.15) is 0 Å². The summed E-state index contributed by atoms with van der Waals surface area (Å²) in [6.45, 7) is 6.68. The predicted molar refractivity (Wildman–Crippen MR) is 133 cm³/mol. The van der Waals surface area contributed by atoms with Crippen molar-refractivity contribution in [2.24, 2.45) is 17.8 Å². The highest BCUT2D eigenvalue weighted by Gasteiger charge is 2.39. The van der Waals surface area contributed by atoms with Gasteiger partial charge in [-0.1, -0.05) is 69.3 Å². The third kappa shape index (κ3) is 5.34. The van der Waals surface area contributed by atoms with E-state index in [1.54, 1.807) is 4.90 Å². The molecule has 0 saturated carbocycles. The first kappa shape index (κ1) is 24.8. The Morgan fingerprint density at radius 3 is 2.14 bits per heavy atom. The van der Waals surface area contributed by atoms with Gasteiger partial charge in [0.15, 0.2) is 0 Å². The minimum Gasteiger partial charge on any atom is -0.481 e. The number of amides is 2. The van der Waals surface area contributed by atoms with Crippen molar-refractivity contribution in [3.8, 4) is 11.1 Å². The van der Waals surface area contributed by atoms with Crippen molar-refractivity contribution in [3.63, 3.8) is 0 Å². The average molecular weight is 479 g/mol. The molecule has 3 unspecified atom stereocenters. The van der Waals surface area contributed by atoms with Gasteiger partial charge in [0.25, 0.3) is 0 Å². The molecule has 3 atom stereocenters. The van der Waals surface area contributed by atoms with Crippen LogP contribution in [0.3, 0.4) is 0 Å². The second kappa shape index (κ2) is 10.5. The third-order valence-corrected chi connectivity index (χ3v) is 7.21. The van der Waals surface area contributed by atoms with Crippen LogP contribution in [0, 0.1) is 17.8 Å². The van der Waals surface area contributed by atoms with E-state index in [0.717, 1.165) is 28.7 Å². The Balaban J connectivity index is 1.42. The Morgan fingerprint density at radius 1 is 1.00 bits per heavy atom. The molecule has 2 aliphatic rings. The molecular formula is C28H34N2O5. The zero-order chi connectivity index (χ0) is 25.1.